The molecule has 5 nitrogen and oxygen atoms in total. The number of methoxy groups -OCH3 is 1. The fourth-order valence-electron chi connectivity index (χ4n) is 2.46. The van der Waals surface area contributed by atoms with Crippen LogP contribution in [0.1, 0.15) is 51.9 Å². The summed E-state index contributed by atoms with van der Waals surface area (Å²) >= 11 is 0. The van der Waals surface area contributed by atoms with E-state index in [4.69, 9.17) is 4.74 Å². The monoisotopic (exact) mass is 336 g/mol. The Bertz CT molecular complexity index is 799. The van der Waals surface area contributed by atoms with Gasteiger partial charge in [-0.3, -0.25) is 0 Å². The molecule has 6 heteroatoms. The molecule has 23 heavy (non-hydrogen) atoms. The van der Waals surface area contributed by atoms with Gasteiger partial charge in [-0.2, -0.15) is 0 Å². The van der Waals surface area contributed by atoms with E-state index < -0.39 is 10.0 Å². The fraction of sp³-hybridized carbons (Fsp3) is 0.471. The van der Waals surface area contributed by atoms with Crippen LogP contribution >= 0.6 is 0 Å². The standard InChI is InChI=1S/C17H24N2O3S/c1-12(2)16-18-9-10-19(16)23(20,21)13-7-8-15(22-6)14(11-13)17(3,4)5/h7-12H,1-6H3. The third kappa shape index (κ3) is 3.27. The topological polar surface area (TPSA) is 61.2 Å². The van der Waals surface area contributed by atoms with Gasteiger partial charge in [0.05, 0.1) is 12.0 Å². The van der Waals surface area contributed by atoms with E-state index in [-0.39, 0.29) is 16.2 Å². The molecule has 1 heterocycles. The molecule has 0 aliphatic carbocycles. The van der Waals surface area contributed by atoms with Gasteiger partial charge in [-0.25, -0.2) is 17.4 Å². The maximum Gasteiger partial charge on any atom is 0.269 e. The molecule has 0 atom stereocenters. The Morgan fingerprint density at radius 3 is 2.39 bits per heavy atom. The van der Waals surface area contributed by atoms with E-state index in [1.807, 2.05) is 34.6 Å². The van der Waals surface area contributed by atoms with Crippen LogP contribution in [0.3, 0.4) is 0 Å². The predicted molar refractivity (Wildman–Crippen MR) is 90.6 cm³/mol. The van der Waals surface area contributed by atoms with Gasteiger partial charge in [0, 0.05) is 23.9 Å². The molecule has 0 unspecified atom stereocenters. The molecule has 0 fully saturated rings. The van der Waals surface area contributed by atoms with Crippen molar-refractivity contribution in [3.63, 3.8) is 0 Å². The second kappa shape index (κ2) is 6.00. The summed E-state index contributed by atoms with van der Waals surface area (Å²) < 4.78 is 32.6. The zero-order chi connectivity index (χ0) is 17.4. The lowest BCUT2D eigenvalue weighted by Gasteiger charge is -2.23. The van der Waals surface area contributed by atoms with Crippen molar-refractivity contribution >= 4 is 10.0 Å². The van der Waals surface area contributed by atoms with Crippen molar-refractivity contribution in [3.8, 4) is 5.75 Å². The maximum absolute atomic E-state index is 13.0. The maximum atomic E-state index is 13.0. The van der Waals surface area contributed by atoms with E-state index in [0.717, 1.165) is 5.56 Å². The van der Waals surface area contributed by atoms with Gasteiger partial charge in [0.25, 0.3) is 10.0 Å². The summed E-state index contributed by atoms with van der Waals surface area (Å²) in [6, 6.07) is 4.98. The lowest BCUT2D eigenvalue weighted by Crippen LogP contribution is -2.18. The molecule has 0 aliphatic rings. The Morgan fingerprint density at radius 2 is 1.87 bits per heavy atom. The molecule has 0 amide bonds. The molecule has 0 saturated carbocycles. The van der Waals surface area contributed by atoms with Crippen molar-refractivity contribution < 1.29 is 13.2 Å². The number of hydrogen-bond donors (Lipinski definition) is 0. The molecule has 0 radical (unpaired) electrons. The molecule has 0 saturated heterocycles. The zero-order valence-electron chi connectivity index (χ0n) is 14.5. The van der Waals surface area contributed by atoms with Crippen LogP contribution in [0, 0.1) is 0 Å². The average molecular weight is 336 g/mol. The summed E-state index contributed by atoms with van der Waals surface area (Å²) in [6.07, 6.45) is 3.01. The van der Waals surface area contributed by atoms with Crippen molar-refractivity contribution in [1.29, 1.82) is 0 Å². The summed E-state index contributed by atoms with van der Waals surface area (Å²) in [5, 5.41) is 0. The zero-order valence-corrected chi connectivity index (χ0v) is 15.3. The van der Waals surface area contributed by atoms with Gasteiger partial charge >= 0.3 is 0 Å². The number of rotatable bonds is 4. The first-order valence-corrected chi connectivity index (χ1v) is 9.00. The molecular weight excluding hydrogens is 312 g/mol. The molecule has 0 spiro atoms. The van der Waals surface area contributed by atoms with Gasteiger partial charge in [-0.05, 0) is 23.6 Å². The molecule has 1 aromatic carbocycles. The summed E-state index contributed by atoms with van der Waals surface area (Å²) in [6.45, 7) is 9.92. The number of hydrogen-bond acceptors (Lipinski definition) is 4. The van der Waals surface area contributed by atoms with E-state index in [1.54, 1.807) is 25.3 Å². The summed E-state index contributed by atoms with van der Waals surface area (Å²) in [5.41, 5.74) is 0.624. The smallest absolute Gasteiger partial charge is 0.269 e. The Balaban J connectivity index is 2.64. The van der Waals surface area contributed by atoms with Crippen LogP contribution < -0.4 is 4.74 Å². The van der Waals surface area contributed by atoms with Gasteiger partial charge < -0.3 is 4.74 Å². The van der Waals surface area contributed by atoms with Gasteiger partial charge in [-0.1, -0.05) is 34.6 Å². The van der Waals surface area contributed by atoms with E-state index in [1.165, 1.54) is 16.4 Å². The number of imidazole rings is 1. The van der Waals surface area contributed by atoms with Crippen molar-refractivity contribution in [3.05, 3.63) is 42.0 Å². The van der Waals surface area contributed by atoms with E-state index in [0.29, 0.717) is 11.6 Å². The minimum Gasteiger partial charge on any atom is -0.496 e. The van der Waals surface area contributed by atoms with Crippen LogP contribution in [-0.2, 0) is 15.4 Å². The first-order chi connectivity index (χ1) is 10.6. The number of nitrogens with zero attached hydrogens (tertiary/aromatic N) is 2. The van der Waals surface area contributed by atoms with Crippen LogP contribution in [0.4, 0.5) is 0 Å². The fourth-order valence-corrected chi connectivity index (χ4v) is 3.91. The lowest BCUT2D eigenvalue weighted by atomic mass is 9.86. The SMILES string of the molecule is COc1ccc(S(=O)(=O)n2ccnc2C(C)C)cc1C(C)(C)C. The van der Waals surface area contributed by atoms with Crippen molar-refractivity contribution in [2.45, 2.75) is 50.8 Å². The highest BCUT2D eigenvalue weighted by Crippen LogP contribution is 2.34. The van der Waals surface area contributed by atoms with Gasteiger partial charge in [0.15, 0.2) is 0 Å². The average Bonchev–Trinajstić information content (AvgIpc) is 2.96. The molecule has 126 valence electrons. The van der Waals surface area contributed by atoms with E-state index >= 15 is 0 Å². The Labute approximate surface area is 138 Å². The minimum atomic E-state index is -3.68. The molecule has 0 bridgehead atoms. The second-order valence-corrected chi connectivity index (χ2v) is 8.67. The quantitative estimate of drug-likeness (QED) is 0.856. The highest BCUT2D eigenvalue weighted by Gasteiger charge is 2.26. The Morgan fingerprint density at radius 1 is 1.22 bits per heavy atom. The van der Waals surface area contributed by atoms with Crippen LogP contribution in [0.25, 0.3) is 0 Å². The van der Waals surface area contributed by atoms with Crippen molar-refractivity contribution in [2.24, 2.45) is 0 Å². The molecular formula is C17H24N2O3S. The van der Waals surface area contributed by atoms with Gasteiger partial charge in [0.1, 0.15) is 11.6 Å². The summed E-state index contributed by atoms with van der Waals surface area (Å²) in [7, 11) is -2.09. The number of benzene rings is 1. The van der Waals surface area contributed by atoms with Crippen LogP contribution in [0.2, 0.25) is 0 Å². The molecule has 0 aliphatic heterocycles. The first-order valence-electron chi connectivity index (χ1n) is 7.56. The summed E-state index contributed by atoms with van der Waals surface area (Å²) in [4.78, 5) is 4.41. The molecule has 0 N–H and O–H groups in total. The highest BCUT2D eigenvalue weighted by molar-refractivity contribution is 7.90. The predicted octanol–water partition coefficient (Wildman–Crippen LogP) is 3.55. The largest absolute Gasteiger partial charge is 0.496 e. The van der Waals surface area contributed by atoms with Gasteiger partial charge in [0.2, 0.25) is 0 Å². The Hall–Kier alpha value is -1.82. The molecule has 2 aromatic rings. The third-order valence-electron chi connectivity index (χ3n) is 3.69. The Kier molecular flexibility index (Phi) is 4.57. The van der Waals surface area contributed by atoms with Crippen LogP contribution in [-0.4, -0.2) is 24.5 Å². The van der Waals surface area contributed by atoms with Crippen molar-refractivity contribution in [2.75, 3.05) is 7.11 Å². The summed E-state index contributed by atoms with van der Waals surface area (Å²) in [5.74, 6) is 1.23. The highest BCUT2D eigenvalue weighted by atomic mass is 32.2. The second-order valence-electron chi connectivity index (χ2n) is 6.85. The first kappa shape index (κ1) is 17.5. The van der Waals surface area contributed by atoms with E-state index in [2.05, 4.69) is 4.98 Å². The van der Waals surface area contributed by atoms with Crippen LogP contribution in [0.5, 0.6) is 5.75 Å². The van der Waals surface area contributed by atoms with Gasteiger partial charge in [-0.15, -0.1) is 0 Å². The third-order valence-corrected chi connectivity index (χ3v) is 5.36. The van der Waals surface area contributed by atoms with Crippen molar-refractivity contribution in [1.82, 2.24) is 8.96 Å². The normalized spacial score (nSPS) is 12.7. The molecule has 1 aromatic heterocycles. The minimum absolute atomic E-state index is 0.0140. The lowest BCUT2D eigenvalue weighted by molar-refractivity contribution is 0.397. The van der Waals surface area contributed by atoms with Crippen LogP contribution in [0.15, 0.2) is 35.5 Å². The molecule has 2 rings (SSSR count). The number of aromatic nitrogens is 2. The van der Waals surface area contributed by atoms with E-state index in [9.17, 15) is 8.42 Å². The number of ether oxygens (including phenoxy) is 1.